The van der Waals surface area contributed by atoms with Gasteiger partial charge in [-0.1, -0.05) is 29.8 Å². The van der Waals surface area contributed by atoms with Crippen LogP contribution >= 0.6 is 0 Å². The van der Waals surface area contributed by atoms with Crippen LogP contribution < -0.4 is 11.1 Å². The average molecular weight is 256 g/mol. The first-order valence-corrected chi connectivity index (χ1v) is 6.01. The molecule has 0 saturated heterocycles. The van der Waals surface area contributed by atoms with Crippen molar-refractivity contribution >= 4 is 11.7 Å². The number of benzene rings is 1. The fourth-order valence-corrected chi connectivity index (χ4v) is 1.70. The molecule has 1 amide bonds. The lowest BCUT2D eigenvalue weighted by molar-refractivity contribution is 0.0934. The van der Waals surface area contributed by atoms with Gasteiger partial charge in [0.2, 0.25) is 0 Å². The number of hydrogen-bond donors (Lipinski definition) is 2. The zero-order valence-corrected chi connectivity index (χ0v) is 10.9. The van der Waals surface area contributed by atoms with Crippen LogP contribution in [0, 0.1) is 6.92 Å². The molecule has 5 heteroatoms. The van der Waals surface area contributed by atoms with Gasteiger partial charge in [0.25, 0.3) is 5.91 Å². The molecular formula is C14H16N4O. The van der Waals surface area contributed by atoms with Gasteiger partial charge in [0, 0.05) is 0 Å². The minimum atomic E-state index is -0.284. The summed E-state index contributed by atoms with van der Waals surface area (Å²) in [5, 5.41) is 2.86. The highest BCUT2D eigenvalue weighted by molar-refractivity contribution is 5.92. The van der Waals surface area contributed by atoms with Crippen molar-refractivity contribution in [3.05, 3.63) is 53.5 Å². The van der Waals surface area contributed by atoms with Gasteiger partial charge in [-0.05, 0) is 19.4 Å². The minimum absolute atomic E-state index is 0.101. The van der Waals surface area contributed by atoms with E-state index in [1.165, 1.54) is 18.0 Å². The molecule has 0 aliphatic rings. The third-order valence-electron chi connectivity index (χ3n) is 2.81. The Kier molecular flexibility index (Phi) is 3.75. The molecule has 3 N–H and O–H groups in total. The van der Waals surface area contributed by atoms with Crippen LogP contribution in [-0.2, 0) is 0 Å². The van der Waals surface area contributed by atoms with Crippen LogP contribution in [0.3, 0.4) is 0 Å². The smallest absolute Gasteiger partial charge is 0.272 e. The van der Waals surface area contributed by atoms with E-state index in [0.717, 1.165) is 5.56 Å². The first-order chi connectivity index (χ1) is 9.06. The van der Waals surface area contributed by atoms with E-state index in [4.69, 9.17) is 5.73 Å². The van der Waals surface area contributed by atoms with E-state index in [-0.39, 0.29) is 23.5 Å². The van der Waals surface area contributed by atoms with E-state index in [2.05, 4.69) is 15.3 Å². The van der Waals surface area contributed by atoms with Crippen LogP contribution in [0.2, 0.25) is 0 Å². The molecule has 0 saturated carbocycles. The summed E-state index contributed by atoms with van der Waals surface area (Å²) < 4.78 is 0. The highest BCUT2D eigenvalue weighted by Gasteiger charge is 2.12. The van der Waals surface area contributed by atoms with Crippen LogP contribution in [0.25, 0.3) is 0 Å². The van der Waals surface area contributed by atoms with E-state index < -0.39 is 0 Å². The topological polar surface area (TPSA) is 80.9 Å². The van der Waals surface area contributed by atoms with Crippen molar-refractivity contribution in [1.29, 1.82) is 0 Å². The largest absolute Gasteiger partial charge is 0.382 e. The molecule has 1 heterocycles. The molecule has 5 nitrogen and oxygen atoms in total. The van der Waals surface area contributed by atoms with E-state index in [9.17, 15) is 4.79 Å². The molecule has 0 radical (unpaired) electrons. The third-order valence-corrected chi connectivity index (χ3v) is 2.81. The Bertz CT molecular complexity index is 580. The molecule has 0 fully saturated rings. The standard InChI is InChI=1S/C14H16N4O/c1-9-3-5-11(6-4-9)10(2)17-14(19)12-7-16-8-13(15)18-12/h3-8,10H,1-2H3,(H2,15,18)(H,17,19). The van der Waals surface area contributed by atoms with Gasteiger partial charge in [-0.3, -0.25) is 9.78 Å². The summed E-state index contributed by atoms with van der Waals surface area (Å²) in [4.78, 5) is 19.8. The molecule has 0 aliphatic heterocycles. The number of nitrogens with two attached hydrogens (primary N) is 1. The van der Waals surface area contributed by atoms with Crippen molar-refractivity contribution < 1.29 is 4.79 Å². The number of nitrogen functional groups attached to an aromatic ring is 1. The summed E-state index contributed by atoms with van der Waals surface area (Å²) in [6, 6.07) is 7.91. The van der Waals surface area contributed by atoms with Gasteiger partial charge in [-0.15, -0.1) is 0 Å². The first-order valence-electron chi connectivity index (χ1n) is 6.01. The summed E-state index contributed by atoms with van der Waals surface area (Å²) in [5.41, 5.74) is 7.94. The average Bonchev–Trinajstić information content (AvgIpc) is 2.39. The first kappa shape index (κ1) is 13.0. The van der Waals surface area contributed by atoms with Gasteiger partial charge in [0.05, 0.1) is 18.4 Å². The number of aryl methyl sites for hydroxylation is 1. The molecule has 2 rings (SSSR count). The fourth-order valence-electron chi connectivity index (χ4n) is 1.70. The Labute approximate surface area is 111 Å². The van der Waals surface area contributed by atoms with E-state index in [1.807, 2.05) is 38.1 Å². The molecule has 0 bridgehead atoms. The minimum Gasteiger partial charge on any atom is -0.382 e. The number of aromatic nitrogens is 2. The Morgan fingerprint density at radius 1 is 1.26 bits per heavy atom. The van der Waals surface area contributed by atoms with Gasteiger partial charge < -0.3 is 11.1 Å². The second-order valence-electron chi connectivity index (χ2n) is 4.44. The SMILES string of the molecule is Cc1ccc(C(C)NC(=O)c2cncc(N)n2)cc1. The highest BCUT2D eigenvalue weighted by Crippen LogP contribution is 2.13. The van der Waals surface area contributed by atoms with Crippen molar-refractivity contribution in [1.82, 2.24) is 15.3 Å². The van der Waals surface area contributed by atoms with Crippen LogP contribution in [-0.4, -0.2) is 15.9 Å². The van der Waals surface area contributed by atoms with Crippen molar-refractivity contribution in [2.75, 3.05) is 5.73 Å². The van der Waals surface area contributed by atoms with Crippen molar-refractivity contribution in [2.24, 2.45) is 0 Å². The number of carbonyl (C=O) groups excluding carboxylic acids is 1. The maximum atomic E-state index is 12.0. The highest BCUT2D eigenvalue weighted by atomic mass is 16.1. The molecule has 1 aromatic carbocycles. The van der Waals surface area contributed by atoms with Crippen LogP contribution in [0.5, 0.6) is 0 Å². The quantitative estimate of drug-likeness (QED) is 0.878. The van der Waals surface area contributed by atoms with Crippen LogP contribution in [0.4, 0.5) is 5.82 Å². The summed E-state index contributed by atoms with van der Waals surface area (Å²) in [5.74, 6) is -0.0523. The van der Waals surface area contributed by atoms with E-state index in [0.29, 0.717) is 0 Å². The van der Waals surface area contributed by atoms with Crippen molar-refractivity contribution in [3.63, 3.8) is 0 Å². The van der Waals surface area contributed by atoms with E-state index in [1.54, 1.807) is 0 Å². The van der Waals surface area contributed by atoms with Crippen molar-refractivity contribution in [2.45, 2.75) is 19.9 Å². The van der Waals surface area contributed by atoms with Gasteiger partial charge in [0.1, 0.15) is 11.5 Å². The second-order valence-corrected chi connectivity index (χ2v) is 4.44. The summed E-state index contributed by atoms with van der Waals surface area (Å²) in [6.45, 7) is 3.94. The third kappa shape index (κ3) is 3.28. The summed E-state index contributed by atoms with van der Waals surface area (Å²) >= 11 is 0. The van der Waals surface area contributed by atoms with Gasteiger partial charge in [-0.25, -0.2) is 4.98 Å². The predicted molar refractivity (Wildman–Crippen MR) is 73.5 cm³/mol. The summed E-state index contributed by atoms with van der Waals surface area (Å²) in [6.07, 6.45) is 2.80. The van der Waals surface area contributed by atoms with Crippen LogP contribution in [0.1, 0.15) is 34.6 Å². The number of nitrogens with one attached hydrogen (secondary N) is 1. The maximum Gasteiger partial charge on any atom is 0.272 e. The number of carbonyl (C=O) groups is 1. The molecule has 98 valence electrons. The van der Waals surface area contributed by atoms with Gasteiger partial charge in [0.15, 0.2) is 0 Å². The molecule has 0 spiro atoms. The lowest BCUT2D eigenvalue weighted by Crippen LogP contribution is -2.27. The Balaban J connectivity index is 2.08. The second kappa shape index (κ2) is 5.48. The Morgan fingerprint density at radius 2 is 1.95 bits per heavy atom. The predicted octanol–water partition coefficient (Wildman–Crippen LogP) is 1.86. The number of nitrogens with zero attached hydrogens (tertiary/aromatic N) is 2. The maximum absolute atomic E-state index is 12.0. The lowest BCUT2D eigenvalue weighted by atomic mass is 10.1. The van der Waals surface area contributed by atoms with E-state index >= 15 is 0 Å². The van der Waals surface area contributed by atoms with Gasteiger partial charge >= 0.3 is 0 Å². The molecule has 19 heavy (non-hydrogen) atoms. The summed E-state index contributed by atoms with van der Waals surface area (Å²) in [7, 11) is 0. The normalized spacial score (nSPS) is 11.9. The zero-order valence-electron chi connectivity index (χ0n) is 10.9. The Morgan fingerprint density at radius 3 is 2.58 bits per heavy atom. The molecule has 2 aromatic rings. The molecule has 1 unspecified atom stereocenters. The van der Waals surface area contributed by atoms with Crippen LogP contribution in [0.15, 0.2) is 36.7 Å². The lowest BCUT2D eigenvalue weighted by Gasteiger charge is -2.14. The van der Waals surface area contributed by atoms with Crippen molar-refractivity contribution in [3.8, 4) is 0 Å². The molecule has 0 aliphatic carbocycles. The monoisotopic (exact) mass is 256 g/mol. The molecule has 1 atom stereocenters. The fraction of sp³-hybridized carbons (Fsp3) is 0.214. The number of hydrogen-bond acceptors (Lipinski definition) is 4. The number of rotatable bonds is 3. The molecule has 1 aromatic heterocycles. The Hall–Kier alpha value is -2.43. The van der Waals surface area contributed by atoms with Gasteiger partial charge in [-0.2, -0.15) is 0 Å². The number of amides is 1. The molecular weight excluding hydrogens is 240 g/mol. The number of anilines is 1. The zero-order chi connectivity index (χ0) is 13.8.